The van der Waals surface area contributed by atoms with Crippen molar-refractivity contribution in [3.8, 4) is 0 Å². The van der Waals surface area contributed by atoms with Gasteiger partial charge in [-0.1, -0.05) is 234 Å². The Morgan fingerprint density at radius 1 is 0.359 bits per heavy atom. The van der Waals surface area contributed by atoms with Crippen molar-refractivity contribution in [1.82, 2.24) is 0 Å². The molecule has 1 atom stereocenters. The van der Waals surface area contributed by atoms with Gasteiger partial charge >= 0.3 is 11.9 Å². The first kappa shape index (κ1) is 61.1. The molecule has 0 saturated heterocycles. The zero-order valence-corrected chi connectivity index (χ0v) is 42.3. The van der Waals surface area contributed by atoms with E-state index in [0.29, 0.717) is 19.4 Å². The third-order valence-electron chi connectivity index (χ3n) is 11.4. The Morgan fingerprint density at radius 2 is 0.703 bits per heavy atom. The van der Waals surface area contributed by atoms with Gasteiger partial charge in [-0.2, -0.15) is 0 Å². The SMILES string of the molecule is CC/C=C\C/C=C\C/C=C\C/C=C\CCCCCCCCCOCC(COC(=O)CCCCCCC/C=C\C/C=C\C/C=C\CC)OC(=O)CCCCCCCCCCCCCCC. The van der Waals surface area contributed by atoms with E-state index in [-0.39, 0.29) is 25.2 Å². The topological polar surface area (TPSA) is 61.8 Å². The Morgan fingerprint density at radius 3 is 1.12 bits per heavy atom. The smallest absolute Gasteiger partial charge is 0.306 e. The van der Waals surface area contributed by atoms with Crippen LogP contribution in [0.25, 0.3) is 0 Å². The van der Waals surface area contributed by atoms with Gasteiger partial charge < -0.3 is 14.2 Å². The summed E-state index contributed by atoms with van der Waals surface area (Å²) in [5.74, 6) is -0.418. The fraction of sp³-hybridized carbons (Fsp3) is 0.729. The molecule has 0 rings (SSSR count). The van der Waals surface area contributed by atoms with Gasteiger partial charge in [-0.15, -0.1) is 0 Å². The zero-order valence-electron chi connectivity index (χ0n) is 42.3. The van der Waals surface area contributed by atoms with Crippen molar-refractivity contribution < 1.29 is 23.8 Å². The van der Waals surface area contributed by atoms with Crippen molar-refractivity contribution in [1.29, 1.82) is 0 Å². The number of unbranched alkanes of at least 4 members (excludes halogenated alkanes) is 24. The number of allylic oxidation sites excluding steroid dienone is 14. The summed E-state index contributed by atoms with van der Waals surface area (Å²) in [5, 5.41) is 0. The number of rotatable bonds is 49. The van der Waals surface area contributed by atoms with Gasteiger partial charge in [0.2, 0.25) is 0 Å². The first-order chi connectivity index (χ1) is 31.6. The van der Waals surface area contributed by atoms with Crippen molar-refractivity contribution in [3.05, 3.63) is 85.1 Å². The molecule has 5 nitrogen and oxygen atoms in total. The molecular formula is C59H102O5. The Kier molecular flexibility index (Phi) is 51.9. The van der Waals surface area contributed by atoms with Crippen LogP contribution in [0.1, 0.15) is 252 Å². The highest BCUT2D eigenvalue weighted by molar-refractivity contribution is 5.70. The Labute approximate surface area is 397 Å². The number of carbonyl (C=O) groups is 2. The van der Waals surface area contributed by atoms with E-state index in [1.807, 2.05) is 0 Å². The molecule has 368 valence electrons. The molecule has 0 bridgehead atoms. The van der Waals surface area contributed by atoms with E-state index in [2.05, 4.69) is 106 Å². The largest absolute Gasteiger partial charge is 0.462 e. The lowest BCUT2D eigenvalue weighted by Crippen LogP contribution is -2.30. The molecule has 0 heterocycles. The molecule has 64 heavy (non-hydrogen) atoms. The van der Waals surface area contributed by atoms with E-state index in [4.69, 9.17) is 14.2 Å². The number of esters is 2. The zero-order chi connectivity index (χ0) is 46.3. The van der Waals surface area contributed by atoms with Gasteiger partial charge in [-0.05, 0) is 89.9 Å². The van der Waals surface area contributed by atoms with Crippen LogP contribution in [0.4, 0.5) is 0 Å². The summed E-state index contributed by atoms with van der Waals surface area (Å²) in [7, 11) is 0. The van der Waals surface area contributed by atoms with Gasteiger partial charge in [0.15, 0.2) is 6.10 Å². The second-order valence-electron chi connectivity index (χ2n) is 17.7. The summed E-state index contributed by atoms with van der Waals surface area (Å²) in [4.78, 5) is 25.4. The summed E-state index contributed by atoms with van der Waals surface area (Å²) in [6.45, 7) is 7.58. The van der Waals surface area contributed by atoms with Gasteiger partial charge in [0.1, 0.15) is 6.61 Å². The van der Waals surface area contributed by atoms with E-state index < -0.39 is 6.10 Å². The minimum atomic E-state index is -0.551. The second kappa shape index (κ2) is 54.4. The van der Waals surface area contributed by atoms with E-state index >= 15 is 0 Å². The predicted octanol–water partition coefficient (Wildman–Crippen LogP) is 18.5. The molecule has 0 aliphatic heterocycles. The summed E-state index contributed by atoms with van der Waals surface area (Å²) >= 11 is 0. The third-order valence-corrected chi connectivity index (χ3v) is 11.4. The molecule has 1 unspecified atom stereocenters. The van der Waals surface area contributed by atoms with Crippen LogP contribution in [-0.4, -0.2) is 37.9 Å². The van der Waals surface area contributed by atoms with Crippen molar-refractivity contribution in [3.63, 3.8) is 0 Å². The monoisotopic (exact) mass is 891 g/mol. The lowest BCUT2D eigenvalue weighted by molar-refractivity contribution is -0.163. The summed E-state index contributed by atoms with van der Waals surface area (Å²) in [5.41, 5.74) is 0. The second-order valence-corrected chi connectivity index (χ2v) is 17.7. The lowest BCUT2D eigenvalue weighted by Gasteiger charge is -2.18. The van der Waals surface area contributed by atoms with Crippen molar-refractivity contribution in [2.75, 3.05) is 19.8 Å². The molecule has 0 fully saturated rings. The summed E-state index contributed by atoms with van der Waals surface area (Å²) in [6, 6.07) is 0. The highest BCUT2D eigenvalue weighted by Crippen LogP contribution is 2.15. The Hall–Kier alpha value is -2.92. The van der Waals surface area contributed by atoms with Crippen LogP contribution in [0.2, 0.25) is 0 Å². The van der Waals surface area contributed by atoms with E-state index in [1.165, 1.54) is 122 Å². The number of hydrogen-bond acceptors (Lipinski definition) is 5. The van der Waals surface area contributed by atoms with Gasteiger partial charge in [-0.25, -0.2) is 0 Å². The van der Waals surface area contributed by atoms with Gasteiger partial charge in [-0.3, -0.25) is 9.59 Å². The van der Waals surface area contributed by atoms with E-state index in [0.717, 1.165) is 96.3 Å². The quantitative estimate of drug-likeness (QED) is 0.0346. The molecule has 0 aromatic carbocycles. The predicted molar refractivity (Wildman–Crippen MR) is 279 cm³/mol. The number of carbonyl (C=O) groups excluding carboxylic acids is 2. The van der Waals surface area contributed by atoms with Crippen LogP contribution in [0.15, 0.2) is 85.1 Å². The van der Waals surface area contributed by atoms with Crippen LogP contribution in [0.5, 0.6) is 0 Å². The third kappa shape index (κ3) is 51.7. The summed E-state index contributed by atoms with van der Waals surface area (Å²) in [6.07, 6.45) is 71.7. The van der Waals surface area contributed by atoms with Gasteiger partial charge in [0.05, 0.1) is 6.61 Å². The maximum Gasteiger partial charge on any atom is 0.306 e. The average molecular weight is 891 g/mol. The first-order valence-corrected chi connectivity index (χ1v) is 27.1. The molecule has 0 aromatic heterocycles. The molecular weight excluding hydrogens is 789 g/mol. The van der Waals surface area contributed by atoms with Crippen molar-refractivity contribution in [2.24, 2.45) is 0 Å². The van der Waals surface area contributed by atoms with Crippen molar-refractivity contribution >= 4 is 11.9 Å². The molecule has 0 amide bonds. The standard InChI is InChI=1S/C59H102O5/c1-4-7-10-13-16-19-22-25-27-28-29-30-31-33-36-39-42-45-48-51-54-62-55-57(64-59(61)53-50-47-44-41-38-34-24-21-18-15-12-9-6-3)56-63-58(60)52-49-46-43-40-37-35-32-26-23-20-17-14-11-8-5-2/h7-8,10-11,16-17,19-20,25-27,29-30,32,57H,4-6,9,12-15,18,21-24,28,31,33-56H2,1-3H3/b10-7-,11-8-,19-16-,20-17-,27-25-,30-29-,32-26-. The van der Waals surface area contributed by atoms with Crippen LogP contribution in [-0.2, 0) is 23.8 Å². The lowest BCUT2D eigenvalue weighted by atomic mass is 10.0. The van der Waals surface area contributed by atoms with E-state index in [1.54, 1.807) is 0 Å². The van der Waals surface area contributed by atoms with Crippen LogP contribution >= 0.6 is 0 Å². The minimum Gasteiger partial charge on any atom is -0.462 e. The number of ether oxygens (including phenoxy) is 3. The van der Waals surface area contributed by atoms with Crippen molar-refractivity contribution in [2.45, 2.75) is 258 Å². The molecule has 0 aliphatic carbocycles. The molecule has 0 aromatic rings. The van der Waals surface area contributed by atoms with Gasteiger partial charge in [0.25, 0.3) is 0 Å². The Balaban J connectivity index is 4.29. The fourth-order valence-corrected chi connectivity index (χ4v) is 7.46. The fourth-order valence-electron chi connectivity index (χ4n) is 7.46. The van der Waals surface area contributed by atoms with Gasteiger partial charge in [0, 0.05) is 19.4 Å². The summed E-state index contributed by atoms with van der Waals surface area (Å²) < 4.78 is 17.4. The molecule has 0 N–H and O–H groups in total. The number of hydrogen-bond donors (Lipinski definition) is 0. The normalized spacial score (nSPS) is 12.9. The van der Waals surface area contributed by atoms with E-state index in [9.17, 15) is 9.59 Å². The molecule has 0 aliphatic rings. The maximum absolute atomic E-state index is 12.8. The highest BCUT2D eigenvalue weighted by atomic mass is 16.6. The molecule has 0 spiro atoms. The maximum atomic E-state index is 12.8. The highest BCUT2D eigenvalue weighted by Gasteiger charge is 2.17. The molecule has 0 radical (unpaired) electrons. The first-order valence-electron chi connectivity index (χ1n) is 27.1. The molecule has 0 saturated carbocycles. The Bertz CT molecular complexity index is 1190. The van der Waals surface area contributed by atoms with Crippen LogP contribution in [0, 0.1) is 0 Å². The average Bonchev–Trinajstić information content (AvgIpc) is 3.30. The van der Waals surface area contributed by atoms with Crippen LogP contribution in [0.3, 0.4) is 0 Å². The van der Waals surface area contributed by atoms with Crippen LogP contribution < -0.4 is 0 Å². The minimum absolute atomic E-state index is 0.0705. The molecule has 5 heteroatoms.